The van der Waals surface area contributed by atoms with Gasteiger partial charge in [0.05, 0.1) is 50.8 Å². The third kappa shape index (κ3) is 14.6. The molecule has 40 heavy (non-hydrogen) atoms. The summed E-state index contributed by atoms with van der Waals surface area (Å²) < 4.78 is 23.0. The lowest BCUT2D eigenvalue weighted by molar-refractivity contribution is 0.0311. The number of aromatic carboxylic acids is 2. The molecule has 2 atom stereocenters. The summed E-state index contributed by atoms with van der Waals surface area (Å²) >= 11 is 0. The molecule has 0 aliphatic carbocycles. The molecule has 2 unspecified atom stereocenters. The molecule has 0 amide bonds. The number of benzene rings is 1. The minimum atomic E-state index is -1.09. The first-order chi connectivity index (χ1) is 19.4. The highest BCUT2D eigenvalue weighted by atomic mass is 16.5. The van der Waals surface area contributed by atoms with Gasteiger partial charge in [-0.1, -0.05) is 66.2 Å². The third-order valence-electron chi connectivity index (χ3n) is 7.42. The third-order valence-corrected chi connectivity index (χ3v) is 7.42. The van der Waals surface area contributed by atoms with Crippen molar-refractivity contribution < 1.29 is 38.7 Å². The molecule has 2 N–H and O–H groups in total. The maximum Gasteiger partial charge on any atom is 0.335 e. The van der Waals surface area contributed by atoms with E-state index in [4.69, 9.17) is 18.9 Å². The predicted molar refractivity (Wildman–Crippen MR) is 158 cm³/mol. The Hall–Kier alpha value is -2.00. The number of ether oxygens (including phenoxy) is 4. The molecule has 1 rings (SSSR count). The Balaban J connectivity index is 2.61. The van der Waals surface area contributed by atoms with E-state index in [-0.39, 0.29) is 24.3 Å². The van der Waals surface area contributed by atoms with Crippen molar-refractivity contribution in [3.63, 3.8) is 0 Å². The van der Waals surface area contributed by atoms with Crippen molar-refractivity contribution in [2.45, 2.75) is 91.9 Å². The van der Waals surface area contributed by atoms with Gasteiger partial charge in [0.25, 0.3) is 0 Å². The monoisotopic (exact) mass is 566 g/mol. The van der Waals surface area contributed by atoms with Gasteiger partial charge in [0.15, 0.2) is 0 Å². The van der Waals surface area contributed by atoms with Gasteiger partial charge in [0.1, 0.15) is 0 Å². The second-order valence-corrected chi connectivity index (χ2v) is 10.4. The molecule has 1 aromatic rings. The van der Waals surface area contributed by atoms with E-state index in [9.17, 15) is 19.8 Å². The van der Waals surface area contributed by atoms with Crippen LogP contribution in [-0.2, 0) is 31.8 Å². The first-order valence-corrected chi connectivity index (χ1v) is 15.3. The number of unbranched alkanes of at least 4 members (excludes halogenated alkanes) is 2. The molecule has 0 radical (unpaired) electrons. The van der Waals surface area contributed by atoms with Crippen LogP contribution in [0.15, 0.2) is 12.1 Å². The molecule has 0 aliphatic rings. The van der Waals surface area contributed by atoms with E-state index in [0.29, 0.717) is 62.2 Å². The molecule has 1 aromatic carbocycles. The van der Waals surface area contributed by atoms with Gasteiger partial charge in [0.2, 0.25) is 0 Å². The highest BCUT2D eigenvalue weighted by molar-refractivity contribution is 5.95. The number of hydrogen-bond donors (Lipinski definition) is 2. The molecule has 230 valence electrons. The summed E-state index contributed by atoms with van der Waals surface area (Å²) in [6.07, 6.45) is 9.90. The normalized spacial score (nSPS) is 12.9. The Bertz CT molecular complexity index is 758. The van der Waals surface area contributed by atoms with Crippen LogP contribution in [0.25, 0.3) is 0 Å². The van der Waals surface area contributed by atoms with Crippen molar-refractivity contribution in [3.8, 4) is 0 Å². The van der Waals surface area contributed by atoms with Crippen LogP contribution in [0.1, 0.15) is 111 Å². The number of carboxylic acid groups (broad SMARTS) is 2. The minimum Gasteiger partial charge on any atom is -0.478 e. The van der Waals surface area contributed by atoms with E-state index in [1.807, 2.05) is 0 Å². The Kier molecular flexibility index (Phi) is 20.4. The Labute approximate surface area is 241 Å². The van der Waals surface area contributed by atoms with Crippen molar-refractivity contribution in [1.82, 2.24) is 0 Å². The SMILES string of the molecule is CCCCC(CC)COCCOCCc1c(C(=O)O)ccc(C(=O)O)c1CCOCCOCC(CC)CCCC. The molecule has 8 nitrogen and oxygen atoms in total. The Morgan fingerprint density at radius 1 is 0.625 bits per heavy atom. The van der Waals surface area contributed by atoms with E-state index in [2.05, 4.69) is 27.7 Å². The molecule has 0 saturated heterocycles. The van der Waals surface area contributed by atoms with E-state index < -0.39 is 11.9 Å². The van der Waals surface area contributed by atoms with E-state index in [1.54, 1.807) is 0 Å². The van der Waals surface area contributed by atoms with E-state index >= 15 is 0 Å². The van der Waals surface area contributed by atoms with Crippen molar-refractivity contribution in [3.05, 3.63) is 34.4 Å². The highest BCUT2D eigenvalue weighted by Gasteiger charge is 2.21. The first kappa shape index (κ1) is 36.0. The van der Waals surface area contributed by atoms with Crippen LogP contribution >= 0.6 is 0 Å². The lowest BCUT2D eigenvalue weighted by Crippen LogP contribution is -2.17. The lowest BCUT2D eigenvalue weighted by atomic mass is 9.92. The second kappa shape index (κ2) is 22.7. The van der Waals surface area contributed by atoms with Crippen LogP contribution in [0, 0.1) is 11.8 Å². The van der Waals surface area contributed by atoms with Crippen LogP contribution in [0.5, 0.6) is 0 Å². The zero-order valence-corrected chi connectivity index (χ0v) is 25.4. The number of carboxylic acids is 2. The summed E-state index contributed by atoms with van der Waals surface area (Å²) in [6, 6.07) is 2.73. The predicted octanol–water partition coefficient (Wildman–Crippen LogP) is 6.67. The molecule has 0 fully saturated rings. The molecule has 0 saturated carbocycles. The second-order valence-electron chi connectivity index (χ2n) is 10.4. The summed E-state index contributed by atoms with van der Waals surface area (Å²) in [6.45, 7) is 12.5. The van der Waals surface area contributed by atoms with Crippen molar-refractivity contribution >= 4 is 11.9 Å². The molecular weight excluding hydrogens is 512 g/mol. The van der Waals surface area contributed by atoms with Gasteiger partial charge in [-0.3, -0.25) is 0 Å². The standard InChI is InChI=1S/C32H54O8/c1-5-9-11-25(7-3)23-39-21-19-37-17-15-27-28(30(32(35)36)14-13-29(27)31(33)34)16-18-38-20-22-40-24-26(8-4)12-10-6-2/h13-14,25-26H,5-12,15-24H2,1-4H3,(H,33,34)(H,35,36). The van der Waals surface area contributed by atoms with Crippen molar-refractivity contribution in [2.75, 3.05) is 52.9 Å². The molecular formula is C32H54O8. The maximum atomic E-state index is 11.9. The minimum absolute atomic E-state index is 0.0996. The molecule has 0 bridgehead atoms. The molecule has 0 spiro atoms. The fourth-order valence-electron chi connectivity index (χ4n) is 4.75. The Morgan fingerprint density at radius 3 is 1.32 bits per heavy atom. The van der Waals surface area contributed by atoms with Crippen LogP contribution in [0.4, 0.5) is 0 Å². The quantitative estimate of drug-likeness (QED) is 0.120. The largest absolute Gasteiger partial charge is 0.478 e. The molecule has 8 heteroatoms. The molecule has 0 aromatic heterocycles. The van der Waals surface area contributed by atoms with Gasteiger partial charge in [0, 0.05) is 13.2 Å². The van der Waals surface area contributed by atoms with Crippen LogP contribution < -0.4 is 0 Å². The highest BCUT2D eigenvalue weighted by Crippen LogP contribution is 2.22. The first-order valence-electron chi connectivity index (χ1n) is 15.3. The molecule has 0 aliphatic heterocycles. The zero-order chi connectivity index (χ0) is 29.6. The maximum absolute atomic E-state index is 11.9. The lowest BCUT2D eigenvalue weighted by Gasteiger charge is -2.17. The number of rotatable bonds is 26. The van der Waals surface area contributed by atoms with Gasteiger partial charge in [-0.2, -0.15) is 0 Å². The fraction of sp³-hybridized carbons (Fsp3) is 0.750. The van der Waals surface area contributed by atoms with Gasteiger partial charge >= 0.3 is 11.9 Å². The number of hydrogen-bond acceptors (Lipinski definition) is 6. The summed E-state index contributed by atoms with van der Waals surface area (Å²) in [7, 11) is 0. The topological polar surface area (TPSA) is 112 Å². The van der Waals surface area contributed by atoms with Crippen LogP contribution in [0.3, 0.4) is 0 Å². The molecule has 0 heterocycles. The van der Waals surface area contributed by atoms with Gasteiger partial charge in [-0.05, 0) is 60.8 Å². The number of carbonyl (C=O) groups is 2. The summed E-state index contributed by atoms with van der Waals surface area (Å²) in [5, 5.41) is 19.5. The Morgan fingerprint density at radius 2 is 1.00 bits per heavy atom. The van der Waals surface area contributed by atoms with E-state index in [1.165, 1.54) is 50.7 Å². The van der Waals surface area contributed by atoms with Gasteiger partial charge < -0.3 is 29.2 Å². The van der Waals surface area contributed by atoms with Crippen molar-refractivity contribution in [1.29, 1.82) is 0 Å². The average molecular weight is 567 g/mol. The summed E-state index contributed by atoms with van der Waals surface area (Å²) in [5.41, 5.74) is 1.17. The van der Waals surface area contributed by atoms with Crippen molar-refractivity contribution in [2.24, 2.45) is 11.8 Å². The van der Waals surface area contributed by atoms with Crippen LogP contribution in [0.2, 0.25) is 0 Å². The average Bonchev–Trinajstić information content (AvgIpc) is 2.94. The fourth-order valence-corrected chi connectivity index (χ4v) is 4.75. The van der Waals surface area contributed by atoms with Crippen LogP contribution in [-0.4, -0.2) is 75.0 Å². The van der Waals surface area contributed by atoms with E-state index in [0.717, 1.165) is 26.1 Å². The smallest absolute Gasteiger partial charge is 0.335 e. The van der Waals surface area contributed by atoms with Gasteiger partial charge in [-0.25, -0.2) is 9.59 Å². The van der Waals surface area contributed by atoms with Gasteiger partial charge in [-0.15, -0.1) is 0 Å². The summed E-state index contributed by atoms with van der Waals surface area (Å²) in [5.74, 6) is -1.05. The summed E-state index contributed by atoms with van der Waals surface area (Å²) in [4.78, 5) is 23.9. The zero-order valence-electron chi connectivity index (χ0n) is 25.4.